The molecule has 0 aromatic heterocycles. The highest BCUT2D eigenvalue weighted by Gasteiger charge is 2.20. The maximum absolute atomic E-state index is 6.08. The molecule has 0 atom stereocenters. The molecule has 1 aromatic carbocycles. The zero-order valence-electron chi connectivity index (χ0n) is 15.1. The second-order valence-electron chi connectivity index (χ2n) is 6.83. The van der Waals surface area contributed by atoms with Gasteiger partial charge >= 0.3 is 0 Å². The molecule has 0 unspecified atom stereocenters. The van der Waals surface area contributed by atoms with Gasteiger partial charge < -0.3 is 15.8 Å². The van der Waals surface area contributed by atoms with Gasteiger partial charge in [0, 0.05) is 30.1 Å². The van der Waals surface area contributed by atoms with Crippen molar-refractivity contribution in [1.29, 1.82) is 0 Å². The van der Waals surface area contributed by atoms with Crippen molar-refractivity contribution in [2.24, 2.45) is 10.7 Å². The predicted molar refractivity (Wildman–Crippen MR) is 116 cm³/mol. The molecule has 5 nitrogen and oxygen atoms in total. The Balaban J connectivity index is 0.00000312. The van der Waals surface area contributed by atoms with Crippen LogP contribution in [0.1, 0.15) is 25.8 Å². The minimum Gasteiger partial charge on any atom is -0.379 e. The molecule has 25 heavy (non-hydrogen) atoms. The third-order valence-electron chi connectivity index (χ3n) is 4.31. The fourth-order valence-electron chi connectivity index (χ4n) is 2.68. The Labute approximate surface area is 173 Å². The number of ether oxygens (including phenoxy) is 1. The highest BCUT2D eigenvalue weighted by molar-refractivity contribution is 14.0. The molecule has 1 aliphatic rings. The summed E-state index contributed by atoms with van der Waals surface area (Å²) in [6, 6.07) is 7.92. The van der Waals surface area contributed by atoms with Gasteiger partial charge in [0.25, 0.3) is 0 Å². The Bertz CT molecular complexity index is 548. The standard InChI is InChI=1S/C18H29ClN4O.HI/c1-18(2,15-5-3-6-16(19)13-15)14-22-17(20)21-7-4-8-23-9-11-24-12-10-23;/h3,5-6,13H,4,7-12,14H2,1-2H3,(H3,20,21,22);1H. The second-order valence-corrected chi connectivity index (χ2v) is 7.27. The van der Waals surface area contributed by atoms with Crippen molar-refractivity contribution in [3.8, 4) is 0 Å². The van der Waals surface area contributed by atoms with Crippen molar-refractivity contribution in [2.45, 2.75) is 25.7 Å². The summed E-state index contributed by atoms with van der Waals surface area (Å²) in [6.07, 6.45) is 1.05. The van der Waals surface area contributed by atoms with Gasteiger partial charge in [0.1, 0.15) is 0 Å². The summed E-state index contributed by atoms with van der Waals surface area (Å²) in [6.45, 7) is 10.6. The van der Waals surface area contributed by atoms with Crippen molar-refractivity contribution in [3.63, 3.8) is 0 Å². The SMILES string of the molecule is CC(C)(CN=C(N)NCCCN1CCOCC1)c1cccc(Cl)c1.I. The van der Waals surface area contributed by atoms with E-state index in [1.165, 1.54) is 5.56 Å². The topological polar surface area (TPSA) is 62.9 Å². The summed E-state index contributed by atoms with van der Waals surface area (Å²) in [5.41, 5.74) is 7.05. The monoisotopic (exact) mass is 480 g/mol. The number of halogens is 2. The number of nitrogens with two attached hydrogens (primary N) is 1. The van der Waals surface area contributed by atoms with Crippen LogP contribution in [0.2, 0.25) is 5.02 Å². The van der Waals surface area contributed by atoms with Crippen LogP contribution in [0.4, 0.5) is 0 Å². The van der Waals surface area contributed by atoms with Crippen LogP contribution in [0, 0.1) is 0 Å². The quantitative estimate of drug-likeness (QED) is 0.273. The van der Waals surface area contributed by atoms with E-state index in [1.807, 2.05) is 18.2 Å². The zero-order valence-corrected chi connectivity index (χ0v) is 18.2. The van der Waals surface area contributed by atoms with Gasteiger partial charge in [0.15, 0.2) is 5.96 Å². The van der Waals surface area contributed by atoms with Gasteiger partial charge in [-0.15, -0.1) is 24.0 Å². The van der Waals surface area contributed by atoms with E-state index in [-0.39, 0.29) is 29.4 Å². The van der Waals surface area contributed by atoms with Gasteiger partial charge in [-0.3, -0.25) is 9.89 Å². The second kappa shape index (κ2) is 11.2. The third kappa shape index (κ3) is 8.11. The van der Waals surface area contributed by atoms with Gasteiger partial charge in [-0.2, -0.15) is 0 Å². The highest BCUT2D eigenvalue weighted by Crippen LogP contribution is 2.25. The van der Waals surface area contributed by atoms with Crippen LogP contribution in [0.15, 0.2) is 29.3 Å². The number of guanidine groups is 1. The van der Waals surface area contributed by atoms with Crippen molar-refractivity contribution in [3.05, 3.63) is 34.9 Å². The van der Waals surface area contributed by atoms with Crippen LogP contribution in [0.5, 0.6) is 0 Å². The Hall–Kier alpha value is -0.570. The Kier molecular flexibility index (Phi) is 10.1. The van der Waals surface area contributed by atoms with Crippen LogP contribution in [0.3, 0.4) is 0 Å². The molecule has 0 spiro atoms. The summed E-state index contributed by atoms with van der Waals surface area (Å²) >= 11 is 6.08. The number of hydrogen-bond donors (Lipinski definition) is 2. The highest BCUT2D eigenvalue weighted by atomic mass is 127. The number of benzene rings is 1. The molecule has 7 heteroatoms. The van der Waals surface area contributed by atoms with E-state index in [2.05, 4.69) is 35.1 Å². The summed E-state index contributed by atoms with van der Waals surface area (Å²) in [4.78, 5) is 6.91. The van der Waals surface area contributed by atoms with Gasteiger partial charge in [-0.1, -0.05) is 37.6 Å². The lowest BCUT2D eigenvalue weighted by molar-refractivity contribution is 0.0376. The minimum atomic E-state index is -0.106. The largest absolute Gasteiger partial charge is 0.379 e. The number of aliphatic imine (C=N–C) groups is 1. The van der Waals surface area contributed by atoms with Crippen LogP contribution < -0.4 is 11.1 Å². The van der Waals surface area contributed by atoms with Crippen LogP contribution in [0.25, 0.3) is 0 Å². The average molecular weight is 481 g/mol. The average Bonchev–Trinajstić information content (AvgIpc) is 2.58. The van der Waals surface area contributed by atoms with E-state index in [9.17, 15) is 0 Å². The first-order chi connectivity index (χ1) is 11.5. The van der Waals surface area contributed by atoms with Crippen LogP contribution >= 0.6 is 35.6 Å². The molecule has 0 amide bonds. The Morgan fingerprint density at radius 1 is 1.36 bits per heavy atom. The summed E-state index contributed by atoms with van der Waals surface area (Å²) < 4.78 is 5.35. The maximum Gasteiger partial charge on any atom is 0.188 e. The fourth-order valence-corrected chi connectivity index (χ4v) is 2.87. The van der Waals surface area contributed by atoms with E-state index in [0.29, 0.717) is 12.5 Å². The van der Waals surface area contributed by atoms with E-state index in [1.54, 1.807) is 0 Å². The van der Waals surface area contributed by atoms with Crippen molar-refractivity contribution < 1.29 is 4.74 Å². The van der Waals surface area contributed by atoms with Crippen molar-refractivity contribution in [1.82, 2.24) is 10.2 Å². The minimum absolute atomic E-state index is 0. The lowest BCUT2D eigenvalue weighted by Crippen LogP contribution is -2.39. The molecule has 0 radical (unpaired) electrons. The summed E-state index contributed by atoms with van der Waals surface area (Å²) in [5, 5.41) is 3.95. The van der Waals surface area contributed by atoms with Crippen LogP contribution in [-0.2, 0) is 10.2 Å². The van der Waals surface area contributed by atoms with E-state index < -0.39 is 0 Å². The number of morpholine rings is 1. The predicted octanol–water partition coefficient (Wildman–Crippen LogP) is 2.86. The normalized spacial score (nSPS) is 16.4. The molecule has 142 valence electrons. The van der Waals surface area contributed by atoms with Crippen molar-refractivity contribution in [2.75, 3.05) is 45.9 Å². The smallest absolute Gasteiger partial charge is 0.188 e. The summed E-state index contributed by atoms with van der Waals surface area (Å²) in [5.74, 6) is 0.507. The Morgan fingerprint density at radius 3 is 2.76 bits per heavy atom. The maximum atomic E-state index is 6.08. The van der Waals surface area contributed by atoms with E-state index in [0.717, 1.165) is 50.8 Å². The van der Waals surface area contributed by atoms with Gasteiger partial charge in [-0.25, -0.2) is 0 Å². The van der Waals surface area contributed by atoms with Crippen molar-refractivity contribution >= 4 is 41.5 Å². The molecule has 0 saturated carbocycles. The summed E-state index contributed by atoms with van der Waals surface area (Å²) in [7, 11) is 0. The van der Waals surface area contributed by atoms with E-state index in [4.69, 9.17) is 22.1 Å². The fraction of sp³-hybridized carbons (Fsp3) is 0.611. The number of nitrogens with one attached hydrogen (secondary N) is 1. The van der Waals surface area contributed by atoms with Gasteiger partial charge in [-0.05, 0) is 30.7 Å². The number of nitrogens with zero attached hydrogens (tertiary/aromatic N) is 2. The number of rotatable bonds is 7. The molecular weight excluding hydrogens is 451 g/mol. The molecule has 1 aromatic rings. The van der Waals surface area contributed by atoms with E-state index >= 15 is 0 Å². The molecular formula is C18H30ClIN4O. The molecule has 0 aliphatic carbocycles. The van der Waals surface area contributed by atoms with Gasteiger partial charge in [0.2, 0.25) is 0 Å². The lowest BCUT2D eigenvalue weighted by Gasteiger charge is -2.26. The van der Waals surface area contributed by atoms with Crippen LogP contribution in [-0.4, -0.2) is 56.8 Å². The molecule has 0 bridgehead atoms. The molecule has 1 saturated heterocycles. The first-order valence-corrected chi connectivity index (χ1v) is 8.95. The molecule has 2 rings (SSSR count). The third-order valence-corrected chi connectivity index (χ3v) is 4.55. The zero-order chi connectivity index (χ0) is 17.4. The van der Waals surface area contributed by atoms with Gasteiger partial charge in [0.05, 0.1) is 19.8 Å². The first kappa shape index (κ1) is 22.5. The molecule has 3 N–H and O–H groups in total. The molecule has 1 heterocycles. The first-order valence-electron chi connectivity index (χ1n) is 8.57. The molecule has 1 fully saturated rings. The Morgan fingerprint density at radius 2 is 2.08 bits per heavy atom. The molecule has 1 aliphatic heterocycles. The number of hydrogen-bond acceptors (Lipinski definition) is 3. The lowest BCUT2D eigenvalue weighted by atomic mass is 9.85.